The topological polar surface area (TPSA) is 149 Å². The van der Waals surface area contributed by atoms with Crippen LogP contribution in [-0.2, 0) is 30.9 Å². The molecule has 12 nitrogen and oxygen atoms in total. The van der Waals surface area contributed by atoms with Crippen LogP contribution in [-0.4, -0.2) is 60.5 Å². The van der Waals surface area contributed by atoms with E-state index in [1.54, 1.807) is 25.1 Å². The van der Waals surface area contributed by atoms with E-state index in [1.165, 1.54) is 33.8 Å². The van der Waals surface area contributed by atoms with Gasteiger partial charge in [-0.15, -0.1) is 5.10 Å². The van der Waals surface area contributed by atoms with Crippen LogP contribution in [0.15, 0.2) is 70.0 Å². The zero-order valence-corrected chi connectivity index (χ0v) is 26.0. The standard InChI is InChI=1S/C32H38N6O6S/c1-22-13-18-29(44-22)31(32(40)34-23-8-3-2-4-9-23)38(30(39)21-37-28-12-6-5-11-27(28)35-36-37)24-14-16-26(17-15-24)45(41,42)33-20-25-10-7-19-43-25/h5-6,11-18,23,25,31,33H,2-4,7-10,19-21H2,1H3,(H,34,40)/t25-,31-/m0/s1. The fourth-order valence-electron chi connectivity index (χ4n) is 6.05. The van der Waals surface area contributed by atoms with E-state index in [4.69, 9.17) is 9.15 Å². The van der Waals surface area contributed by atoms with Crippen LogP contribution in [0.1, 0.15) is 62.5 Å². The Bertz CT molecular complexity index is 1740. The average molecular weight is 635 g/mol. The van der Waals surface area contributed by atoms with E-state index in [0.29, 0.717) is 34.8 Å². The van der Waals surface area contributed by atoms with Crippen molar-refractivity contribution in [1.82, 2.24) is 25.0 Å². The highest BCUT2D eigenvalue weighted by Crippen LogP contribution is 2.32. The summed E-state index contributed by atoms with van der Waals surface area (Å²) in [5, 5.41) is 11.5. The van der Waals surface area contributed by atoms with Gasteiger partial charge in [0.25, 0.3) is 5.91 Å². The molecule has 45 heavy (non-hydrogen) atoms. The van der Waals surface area contributed by atoms with Gasteiger partial charge in [0, 0.05) is 24.9 Å². The molecule has 6 rings (SSSR count). The smallest absolute Gasteiger partial charge is 0.251 e. The first kappa shape index (κ1) is 30.9. The quantitative estimate of drug-likeness (QED) is 0.251. The summed E-state index contributed by atoms with van der Waals surface area (Å²) in [4.78, 5) is 29.8. The van der Waals surface area contributed by atoms with Crippen molar-refractivity contribution in [2.75, 3.05) is 18.1 Å². The molecule has 2 fully saturated rings. The number of carbonyl (C=O) groups excluding carboxylic acids is 2. The van der Waals surface area contributed by atoms with Crippen LogP contribution in [0.25, 0.3) is 11.0 Å². The van der Waals surface area contributed by atoms with Gasteiger partial charge in [0.15, 0.2) is 6.04 Å². The minimum atomic E-state index is -3.83. The van der Waals surface area contributed by atoms with E-state index in [0.717, 1.165) is 44.9 Å². The number of hydrogen-bond acceptors (Lipinski definition) is 8. The Morgan fingerprint density at radius 1 is 1.00 bits per heavy atom. The van der Waals surface area contributed by atoms with Crippen LogP contribution in [0.3, 0.4) is 0 Å². The number of sulfonamides is 1. The largest absolute Gasteiger partial charge is 0.464 e. The number of benzene rings is 2. The summed E-state index contributed by atoms with van der Waals surface area (Å²) in [6, 6.07) is 15.5. The predicted molar refractivity (Wildman–Crippen MR) is 167 cm³/mol. The van der Waals surface area contributed by atoms with Gasteiger partial charge in [-0.25, -0.2) is 17.8 Å². The average Bonchev–Trinajstić information content (AvgIpc) is 3.81. The van der Waals surface area contributed by atoms with E-state index in [1.807, 2.05) is 18.2 Å². The van der Waals surface area contributed by atoms with E-state index in [2.05, 4.69) is 20.4 Å². The van der Waals surface area contributed by atoms with Crippen LogP contribution in [0.2, 0.25) is 0 Å². The van der Waals surface area contributed by atoms with Crippen LogP contribution >= 0.6 is 0 Å². The molecule has 3 heterocycles. The number of amides is 2. The number of furan rings is 1. The van der Waals surface area contributed by atoms with E-state index >= 15 is 0 Å². The second-order valence-corrected chi connectivity index (χ2v) is 13.4. The summed E-state index contributed by atoms with van der Waals surface area (Å²) in [6.45, 7) is 2.37. The molecule has 2 aliphatic rings. The summed E-state index contributed by atoms with van der Waals surface area (Å²) in [5.41, 5.74) is 1.64. The molecule has 0 bridgehead atoms. The third-order valence-corrected chi connectivity index (χ3v) is 9.85. The lowest BCUT2D eigenvalue weighted by atomic mass is 9.95. The monoisotopic (exact) mass is 634 g/mol. The van der Waals surface area contributed by atoms with Crippen molar-refractivity contribution in [3.63, 3.8) is 0 Å². The van der Waals surface area contributed by atoms with Gasteiger partial charge in [-0.2, -0.15) is 0 Å². The van der Waals surface area contributed by atoms with Crippen LogP contribution in [0, 0.1) is 6.92 Å². The van der Waals surface area contributed by atoms with Crippen LogP contribution in [0.4, 0.5) is 5.69 Å². The molecule has 2 amide bonds. The van der Waals surface area contributed by atoms with Gasteiger partial charge >= 0.3 is 0 Å². The van der Waals surface area contributed by atoms with Gasteiger partial charge in [-0.3, -0.25) is 14.5 Å². The van der Waals surface area contributed by atoms with Crippen molar-refractivity contribution in [1.29, 1.82) is 0 Å². The van der Waals surface area contributed by atoms with E-state index in [9.17, 15) is 18.0 Å². The molecule has 0 spiro atoms. The molecule has 1 aliphatic carbocycles. The highest BCUT2D eigenvalue weighted by atomic mass is 32.2. The lowest BCUT2D eigenvalue weighted by Gasteiger charge is -2.32. The Hall–Kier alpha value is -4.07. The molecule has 1 saturated heterocycles. The normalized spacial score (nSPS) is 18.2. The number of ether oxygens (including phenoxy) is 1. The Kier molecular flexibility index (Phi) is 9.29. The molecule has 0 unspecified atom stereocenters. The van der Waals surface area contributed by atoms with Crippen LogP contribution in [0.5, 0.6) is 0 Å². The summed E-state index contributed by atoms with van der Waals surface area (Å²) in [7, 11) is -3.83. The molecule has 2 aromatic heterocycles. The molecule has 13 heteroatoms. The first-order valence-corrected chi connectivity index (χ1v) is 16.9. The highest BCUT2D eigenvalue weighted by Gasteiger charge is 2.37. The van der Waals surface area contributed by atoms with Crippen molar-refractivity contribution >= 4 is 38.6 Å². The zero-order valence-electron chi connectivity index (χ0n) is 25.2. The summed E-state index contributed by atoms with van der Waals surface area (Å²) < 4.78 is 41.8. The number of hydrogen-bond donors (Lipinski definition) is 2. The number of carbonyl (C=O) groups is 2. The van der Waals surface area contributed by atoms with Gasteiger partial charge in [0.1, 0.15) is 23.6 Å². The van der Waals surface area contributed by atoms with Crippen molar-refractivity contribution in [2.45, 2.75) is 81.5 Å². The summed E-state index contributed by atoms with van der Waals surface area (Å²) in [6.07, 6.45) is 6.44. The van der Waals surface area contributed by atoms with Crippen molar-refractivity contribution in [2.24, 2.45) is 0 Å². The van der Waals surface area contributed by atoms with Gasteiger partial charge < -0.3 is 14.5 Å². The second kappa shape index (κ2) is 13.5. The van der Waals surface area contributed by atoms with Gasteiger partial charge in [-0.1, -0.05) is 36.6 Å². The molecular weight excluding hydrogens is 596 g/mol. The predicted octanol–water partition coefficient (Wildman–Crippen LogP) is 4.01. The fraction of sp³-hybridized carbons (Fsp3) is 0.438. The Balaban J connectivity index is 1.34. The Morgan fingerprint density at radius 2 is 1.78 bits per heavy atom. The number of nitrogens with zero attached hydrogens (tertiary/aromatic N) is 4. The number of para-hydroxylation sites is 1. The molecular formula is C32H38N6O6S. The minimum absolute atomic E-state index is 0.0107. The molecule has 2 atom stereocenters. The van der Waals surface area contributed by atoms with Crippen molar-refractivity contribution in [3.8, 4) is 0 Å². The fourth-order valence-corrected chi connectivity index (χ4v) is 7.12. The first-order chi connectivity index (χ1) is 21.8. The minimum Gasteiger partial charge on any atom is -0.464 e. The van der Waals surface area contributed by atoms with E-state index in [-0.39, 0.29) is 36.0 Å². The maximum atomic E-state index is 14.3. The lowest BCUT2D eigenvalue weighted by Crippen LogP contribution is -2.48. The number of aromatic nitrogens is 3. The SMILES string of the molecule is Cc1ccc([C@@H](C(=O)NC2CCCCC2)N(C(=O)Cn2nnc3ccccc32)c2ccc(S(=O)(=O)NC[C@@H]3CCCO3)cc2)o1. The maximum Gasteiger partial charge on any atom is 0.251 e. The third kappa shape index (κ3) is 7.10. The number of anilines is 1. The number of rotatable bonds is 11. The zero-order chi connectivity index (χ0) is 31.4. The third-order valence-electron chi connectivity index (χ3n) is 8.41. The Labute approximate surface area is 262 Å². The number of nitrogens with one attached hydrogen (secondary N) is 2. The summed E-state index contributed by atoms with van der Waals surface area (Å²) in [5.74, 6) is 0.0695. The highest BCUT2D eigenvalue weighted by molar-refractivity contribution is 7.89. The molecule has 0 radical (unpaired) electrons. The molecule has 1 saturated carbocycles. The molecule has 2 aromatic carbocycles. The van der Waals surface area contributed by atoms with Gasteiger partial charge in [-0.05, 0) is 81.1 Å². The maximum absolute atomic E-state index is 14.3. The van der Waals surface area contributed by atoms with E-state index < -0.39 is 22.0 Å². The van der Waals surface area contributed by atoms with Crippen molar-refractivity contribution < 1.29 is 27.2 Å². The Morgan fingerprint density at radius 3 is 2.49 bits per heavy atom. The van der Waals surface area contributed by atoms with Crippen molar-refractivity contribution in [3.05, 3.63) is 72.2 Å². The van der Waals surface area contributed by atoms with Gasteiger partial charge in [0.2, 0.25) is 15.9 Å². The van der Waals surface area contributed by atoms with Crippen LogP contribution < -0.4 is 14.9 Å². The van der Waals surface area contributed by atoms with Gasteiger partial charge in [0.05, 0.1) is 16.5 Å². The second-order valence-electron chi connectivity index (χ2n) is 11.7. The molecule has 238 valence electrons. The molecule has 4 aromatic rings. The molecule has 2 N–H and O–H groups in total. The number of fused-ring (bicyclic) bond motifs is 1. The first-order valence-electron chi connectivity index (χ1n) is 15.5. The number of aryl methyl sites for hydroxylation is 1. The lowest BCUT2D eigenvalue weighted by molar-refractivity contribution is -0.128. The molecule has 1 aliphatic heterocycles. The summed E-state index contributed by atoms with van der Waals surface area (Å²) >= 11 is 0.